The van der Waals surface area contributed by atoms with E-state index in [1.54, 1.807) is 13.2 Å². The Bertz CT molecular complexity index is 781. The van der Waals surface area contributed by atoms with Crippen LogP contribution in [-0.2, 0) is 41.6 Å². The van der Waals surface area contributed by atoms with E-state index < -0.39 is 30.7 Å². The van der Waals surface area contributed by atoms with Gasteiger partial charge in [-0.25, -0.2) is 0 Å². The fourth-order valence-corrected chi connectivity index (χ4v) is 3.64. The van der Waals surface area contributed by atoms with Gasteiger partial charge in [-0.05, 0) is 25.0 Å². The molecule has 0 N–H and O–H groups in total. The SMILES string of the molecule is C=C[C@@H]1O[C@@H](OC(C)C)[C@H](OCc2ccccc2)[C@H](OCc2ccccc2)[C@@H]1OCOC. The summed E-state index contributed by atoms with van der Waals surface area (Å²) in [5.74, 6) is 0. The lowest BCUT2D eigenvalue weighted by Crippen LogP contribution is -2.60. The molecule has 1 aliphatic heterocycles. The van der Waals surface area contributed by atoms with Crippen LogP contribution in [0.3, 0.4) is 0 Å². The van der Waals surface area contributed by atoms with E-state index in [9.17, 15) is 0 Å². The van der Waals surface area contributed by atoms with E-state index >= 15 is 0 Å². The lowest BCUT2D eigenvalue weighted by Gasteiger charge is -2.45. The number of methoxy groups -OCH3 is 1. The van der Waals surface area contributed by atoms with Crippen LogP contribution in [0.2, 0.25) is 0 Å². The van der Waals surface area contributed by atoms with Crippen LogP contribution in [0.15, 0.2) is 73.3 Å². The molecule has 174 valence electrons. The standard InChI is InChI=1S/C26H34O6/c1-5-22-23(30-18-27-4)24(28-16-20-12-8-6-9-13-20)25(26(32-22)31-19(2)3)29-17-21-14-10-7-11-15-21/h5-15,19,22-26H,1,16-18H2,2-4H3/t22-,23+,24+,25+,26+/m0/s1. The molecule has 1 saturated heterocycles. The lowest BCUT2D eigenvalue weighted by molar-refractivity contribution is -0.325. The van der Waals surface area contributed by atoms with E-state index in [4.69, 9.17) is 28.4 Å². The molecule has 0 aliphatic carbocycles. The highest BCUT2D eigenvalue weighted by molar-refractivity contribution is 5.15. The van der Waals surface area contributed by atoms with Gasteiger partial charge >= 0.3 is 0 Å². The minimum atomic E-state index is -0.634. The fourth-order valence-electron chi connectivity index (χ4n) is 3.64. The highest BCUT2D eigenvalue weighted by atomic mass is 16.7. The Morgan fingerprint density at radius 2 is 1.41 bits per heavy atom. The minimum absolute atomic E-state index is 0.0560. The van der Waals surface area contributed by atoms with Gasteiger partial charge in [0.15, 0.2) is 6.29 Å². The van der Waals surface area contributed by atoms with Gasteiger partial charge in [0, 0.05) is 7.11 Å². The van der Waals surface area contributed by atoms with Gasteiger partial charge in [-0.3, -0.25) is 0 Å². The highest BCUT2D eigenvalue weighted by Gasteiger charge is 2.48. The predicted molar refractivity (Wildman–Crippen MR) is 122 cm³/mol. The number of benzene rings is 2. The van der Waals surface area contributed by atoms with Gasteiger partial charge in [0.05, 0.1) is 19.3 Å². The van der Waals surface area contributed by atoms with Crippen molar-refractivity contribution in [2.45, 2.75) is 63.9 Å². The predicted octanol–water partition coefficient (Wildman–Crippen LogP) is 4.48. The van der Waals surface area contributed by atoms with Crippen molar-refractivity contribution >= 4 is 0 Å². The van der Waals surface area contributed by atoms with Gasteiger partial charge in [-0.2, -0.15) is 0 Å². The molecular weight excluding hydrogens is 408 g/mol. The summed E-state index contributed by atoms with van der Waals surface area (Å²) in [5.41, 5.74) is 2.11. The summed E-state index contributed by atoms with van der Waals surface area (Å²) >= 11 is 0. The second kappa shape index (κ2) is 12.8. The quantitative estimate of drug-likeness (QED) is 0.357. The average molecular weight is 443 g/mol. The summed E-state index contributed by atoms with van der Waals surface area (Å²) in [6.45, 7) is 8.77. The van der Waals surface area contributed by atoms with E-state index in [1.807, 2.05) is 74.5 Å². The molecule has 1 heterocycles. The van der Waals surface area contributed by atoms with Crippen molar-refractivity contribution in [3.05, 3.63) is 84.4 Å². The zero-order chi connectivity index (χ0) is 22.8. The van der Waals surface area contributed by atoms with Crippen LogP contribution in [0, 0.1) is 0 Å². The molecule has 0 bridgehead atoms. The first-order valence-corrected chi connectivity index (χ1v) is 11.0. The molecule has 1 aliphatic rings. The number of ether oxygens (including phenoxy) is 6. The second-order valence-corrected chi connectivity index (χ2v) is 7.95. The van der Waals surface area contributed by atoms with Crippen molar-refractivity contribution in [2.75, 3.05) is 13.9 Å². The van der Waals surface area contributed by atoms with E-state index in [2.05, 4.69) is 6.58 Å². The van der Waals surface area contributed by atoms with Crippen LogP contribution in [0.4, 0.5) is 0 Å². The maximum absolute atomic E-state index is 6.41. The van der Waals surface area contributed by atoms with Crippen LogP contribution in [-0.4, -0.2) is 50.7 Å². The summed E-state index contributed by atoms with van der Waals surface area (Å²) in [5, 5.41) is 0. The third-order valence-electron chi connectivity index (χ3n) is 5.12. The molecule has 2 aromatic rings. The number of rotatable bonds is 12. The summed E-state index contributed by atoms with van der Waals surface area (Å²) in [6.07, 6.45) is -0.864. The monoisotopic (exact) mass is 442 g/mol. The Morgan fingerprint density at radius 1 is 0.844 bits per heavy atom. The fraction of sp³-hybridized carbons (Fsp3) is 0.462. The molecule has 2 aromatic carbocycles. The molecule has 0 saturated carbocycles. The number of hydrogen-bond acceptors (Lipinski definition) is 6. The first-order chi connectivity index (χ1) is 15.6. The van der Waals surface area contributed by atoms with E-state index in [0.29, 0.717) is 13.2 Å². The molecule has 6 heteroatoms. The zero-order valence-corrected chi connectivity index (χ0v) is 19.1. The summed E-state index contributed by atoms with van der Waals surface area (Å²) < 4.78 is 36.2. The van der Waals surface area contributed by atoms with E-state index in [1.165, 1.54) is 0 Å². The minimum Gasteiger partial charge on any atom is -0.368 e. The first kappa shape index (κ1) is 24.6. The van der Waals surface area contributed by atoms with Crippen molar-refractivity contribution in [1.29, 1.82) is 0 Å². The van der Waals surface area contributed by atoms with Crippen molar-refractivity contribution in [2.24, 2.45) is 0 Å². The topological polar surface area (TPSA) is 55.4 Å². The molecule has 0 amide bonds. The van der Waals surface area contributed by atoms with Gasteiger partial charge in [-0.15, -0.1) is 6.58 Å². The largest absolute Gasteiger partial charge is 0.368 e. The molecule has 0 aromatic heterocycles. The van der Waals surface area contributed by atoms with Gasteiger partial charge in [0.25, 0.3) is 0 Å². The van der Waals surface area contributed by atoms with Crippen LogP contribution in [0.25, 0.3) is 0 Å². The normalized spacial score (nSPS) is 25.7. The Morgan fingerprint density at radius 3 is 1.91 bits per heavy atom. The molecule has 0 unspecified atom stereocenters. The van der Waals surface area contributed by atoms with Gasteiger partial charge in [-0.1, -0.05) is 66.7 Å². The molecule has 1 fully saturated rings. The molecule has 32 heavy (non-hydrogen) atoms. The van der Waals surface area contributed by atoms with Crippen LogP contribution in [0.5, 0.6) is 0 Å². The van der Waals surface area contributed by atoms with Crippen molar-refractivity contribution in [3.8, 4) is 0 Å². The van der Waals surface area contributed by atoms with Crippen LogP contribution >= 0.6 is 0 Å². The van der Waals surface area contributed by atoms with E-state index in [-0.39, 0.29) is 12.9 Å². The molecule has 3 rings (SSSR count). The molecule has 0 spiro atoms. The lowest BCUT2D eigenvalue weighted by atomic mass is 9.97. The first-order valence-electron chi connectivity index (χ1n) is 11.0. The summed E-state index contributed by atoms with van der Waals surface area (Å²) in [6, 6.07) is 20.0. The van der Waals surface area contributed by atoms with Gasteiger partial charge < -0.3 is 28.4 Å². The third-order valence-corrected chi connectivity index (χ3v) is 5.12. The zero-order valence-electron chi connectivity index (χ0n) is 19.1. The Kier molecular flexibility index (Phi) is 9.87. The Balaban J connectivity index is 1.85. The van der Waals surface area contributed by atoms with Crippen molar-refractivity contribution in [1.82, 2.24) is 0 Å². The maximum atomic E-state index is 6.41. The smallest absolute Gasteiger partial charge is 0.187 e. The number of hydrogen-bond donors (Lipinski definition) is 0. The van der Waals surface area contributed by atoms with Crippen molar-refractivity contribution in [3.63, 3.8) is 0 Å². The molecule has 0 radical (unpaired) electrons. The third kappa shape index (κ3) is 6.97. The maximum Gasteiger partial charge on any atom is 0.187 e. The second-order valence-electron chi connectivity index (χ2n) is 7.95. The summed E-state index contributed by atoms with van der Waals surface area (Å²) in [7, 11) is 1.58. The van der Waals surface area contributed by atoms with Gasteiger partial charge in [0.2, 0.25) is 0 Å². The van der Waals surface area contributed by atoms with Crippen LogP contribution in [0.1, 0.15) is 25.0 Å². The van der Waals surface area contributed by atoms with Crippen molar-refractivity contribution < 1.29 is 28.4 Å². The Labute approximate surface area is 191 Å². The van der Waals surface area contributed by atoms with E-state index in [0.717, 1.165) is 11.1 Å². The highest BCUT2D eigenvalue weighted by Crippen LogP contribution is 2.31. The Hall–Kier alpha value is -2.06. The van der Waals surface area contributed by atoms with Crippen LogP contribution < -0.4 is 0 Å². The summed E-state index contributed by atoms with van der Waals surface area (Å²) in [4.78, 5) is 0. The molecule has 5 atom stereocenters. The average Bonchev–Trinajstić information content (AvgIpc) is 2.81. The molecule has 6 nitrogen and oxygen atoms in total. The van der Waals surface area contributed by atoms with Gasteiger partial charge in [0.1, 0.15) is 31.2 Å². The molecular formula is C26H34O6.